The first kappa shape index (κ1) is 12.3. The third-order valence-corrected chi connectivity index (χ3v) is 4.67. The van der Waals surface area contributed by atoms with Crippen molar-refractivity contribution in [1.82, 2.24) is 0 Å². The number of hydrogen-bond acceptors (Lipinski definition) is 3. The molecule has 0 spiro atoms. The zero-order valence-electron chi connectivity index (χ0n) is 11.1. The molecule has 2 atom stereocenters. The number of fused-ring (bicyclic) bond motifs is 1. The van der Waals surface area contributed by atoms with E-state index in [0.717, 1.165) is 18.2 Å². The van der Waals surface area contributed by atoms with Gasteiger partial charge in [-0.05, 0) is 37.3 Å². The average molecular weight is 259 g/mol. The maximum Gasteiger partial charge on any atom is 0.250 e. The molecule has 1 heterocycles. The number of carbonyl (C=O) groups excluding carboxylic acids is 1. The molecule has 2 unspecified atom stereocenters. The first-order valence-electron chi connectivity index (χ1n) is 7.13. The number of anilines is 2. The molecule has 1 aromatic rings. The number of nitrogens with zero attached hydrogens (tertiary/aromatic N) is 1. The second-order valence-electron chi connectivity index (χ2n) is 5.70. The molecule has 0 bridgehead atoms. The van der Waals surface area contributed by atoms with Gasteiger partial charge in [0.05, 0.1) is 16.9 Å². The number of carbonyl (C=O) groups is 1. The third-order valence-electron chi connectivity index (χ3n) is 4.67. The summed E-state index contributed by atoms with van der Waals surface area (Å²) < 4.78 is 0. The lowest BCUT2D eigenvalue weighted by molar-refractivity contribution is 0.100. The smallest absolute Gasteiger partial charge is 0.250 e. The summed E-state index contributed by atoms with van der Waals surface area (Å²) in [6, 6.07) is 6.19. The summed E-state index contributed by atoms with van der Waals surface area (Å²) in [5.41, 5.74) is 13.5. The Balaban J connectivity index is 1.94. The van der Waals surface area contributed by atoms with Crippen LogP contribution >= 0.6 is 0 Å². The Morgan fingerprint density at radius 1 is 1.21 bits per heavy atom. The zero-order chi connectivity index (χ0) is 13.4. The number of amides is 1. The van der Waals surface area contributed by atoms with Gasteiger partial charge in [-0.15, -0.1) is 0 Å². The van der Waals surface area contributed by atoms with E-state index in [2.05, 4.69) is 4.90 Å². The standard InChI is InChI=1S/C15H21N3O/c16-14-11(15(17)19)5-3-7-13(14)18-9-8-10-4-1-2-6-12(10)18/h3,5,7,10,12H,1-2,4,6,8-9,16H2,(H2,17,19). The van der Waals surface area contributed by atoms with Crippen LogP contribution in [-0.2, 0) is 0 Å². The van der Waals surface area contributed by atoms with Crippen LogP contribution in [0.5, 0.6) is 0 Å². The van der Waals surface area contributed by atoms with Gasteiger partial charge in [0.15, 0.2) is 0 Å². The van der Waals surface area contributed by atoms with Gasteiger partial charge in [-0.2, -0.15) is 0 Å². The molecular weight excluding hydrogens is 238 g/mol. The Morgan fingerprint density at radius 3 is 2.79 bits per heavy atom. The topological polar surface area (TPSA) is 72.4 Å². The number of hydrogen-bond donors (Lipinski definition) is 2. The van der Waals surface area contributed by atoms with Crippen LogP contribution in [0.15, 0.2) is 18.2 Å². The summed E-state index contributed by atoms with van der Waals surface area (Å²) in [6.07, 6.45) is 6.46. The van der Waals surface area contributed by atoms with E-state index in [4.69, 9.17) is 11.5 Å². The predicted molar refractivity (Wildman–Crippen MR) is 77.1 cm³/mol. The number of rotatable bonds is 2. The van der Waals surface area contributed by atoms with Crippen molar-refractivity contribution in [2.75, 3.05) is 17.2 Å². The Morgan fingerprint density at radius 2 is 2.00 bits per heavy atom. The number of para-hydroxylation sites is 1. The van der Waals surface area contributed by atoms with Crippen LogP contribution in [0.3, 0.4) is 0 Å². The fraction of sp³-hybridized carbons (Fsp3) is 0.533. The largest absolute Gasteiger partial charge is 0.396 e. The Kier molecular flexibility index (Phi) is 3.09. The molecule has 1 saturated heterocycles. The Hall–Kier alpha value is -1.71. The van der Waals surface area contributed by atoms with Gasteiger partial charge in [-0.1, -0.05) is 18.9 Å². The zero-order valence-corrected chi connectivity index (χ0v) is 11.1. The van der Waals surface area contributed by atoms with E-state index in [1.54, 1.807) is 6.07 Å². The molecule has 19 heavy (non-hydrogen) atoms. The van der Waals surface area contributed by atoms with Crippen molar-refractivity contribution in [3.05, 3.63) is 23.8 Å². The van der Waals surface area contributed by atoms with Crippen LogP contribution in [0, 0.1) is 5.92 Å². The van der Waals surface area contributed by atoms with Crippen LogP contribution in [0.1, 0.15) is 42.5 Å². The molecule has 4 heteroatoms. The van der Waals surface area contributed by atoms with E-state index >= 15 is 0 Å². The van der Waals surface area contributed by atoms with Crippen LogP contribution in [-0.4, -0.2) is 18.5 Å². The van der Waals surface area contributed by atoms with Gasteiger partial charge in [0.25, 0.3) is 5.91 Å². The average Bonchev–Trinajstić information content (AvgIpc) is 2.82. The van der Waals surface area contributed by atoms with E-state index in [9.17, 15) is 4.79 Å². The van der Waals surface area contributed by atoms with E-state index in [1.165, 1.54) is 32.1 Å². The SMILES string of the molecule is NC(=O)c1cccc(N2CCC3CCCCC32)c1N. The molecule has 102 valence electrons. The van der Waals surface area contributed by atoms with Crippen LogP contribution in [0.25, 0.3) is 0 Å². The molecule has 1 amide bonds. The maximum atomic E-state index is 11.4. The van der Waals surface area contributed by atoms with Crippen molar-refractivity contribution in [1.29, 1.82) is 0 Å². The summed E-state index contributed by atoms with van der Waals surface area (Å²) in [7, 11) is 0. The van der Waals surface area contributed by atoms with E-state index < -0.39 is 5.91 Å². The summed E-state index contributed by atoms with van der Waals surface area (Å²) in [6.45, 7) is 1.04. The van der Waals surface area contributed by atoms with E-state index in [0.29, 0.717) is 17.3 Å². The molecule has 2 aliphatic rings. The second kappa shape index (κ2) is 4.76. The third kappa shape index (κ3) is 2.05. The van der Waals surface area contributed by atoms with E-state index in [-0.39, 0.29) is 0 Å². The number of nitrogen functional groups attached to an aromatic ring is 1. The molecule has 1 aliphatic carbocycles. The molecule has 1 aliphatic heterocycles. The molecule has 1 aromatic carbocycles. The van der Waals surface area contributed by atoms with Crippen LogP contribution < -0.4 is 16.4 Å². The van der Waals surface area contributed by atoms with Gasteiger partial charge >= 0.3 is 0 Å². The van der Waals surface area contributed by atoms with Crippen molar-refractivity contribution in [2.24, 2.45) is 11.7 Å². The minimum Gasteiger partial charge on any atom is -0.396 e. The van der Waals surface area contributed by atoms with Gasteiger partial charge in [-0.25, -0.2) is 0 Å². The minimum absolute atomic E-state index is 0.441. The number of nitrogens with two attached hydrogens (primary N) is 2. The lowest BCUT2D eigenvalue weighted by atomic mass is 9.85. The monoisotopic (exact) mass is 259 g/mol. The second-order valence-corrected chi connectivity index (χ2v) is 5.70. The highest BCUT2D eigenvalue weighted by molar-refractivity contribution is 6.01. The molecule has 4 N–H and O–H groups in total. The highest BCUT2D eigenvalue weighted by Gasteiger charge is 2.36. The molecule has 2 fully saturated rings. The Bertz CT molecular complexity index is 500. The first-order valence-corrected chi connectivity index (χ1v) is 7.13. The summed E-state index contributed by atoms with van der Waals surface area (Å²) >= 11 is 0. The first-order chi connectivity index (χ1) is 9.18. The van der Waals surface area contributed by atoms with Crippen LogP contribution in [0.4, 0.5) is 11.4 Å². The molecule has 0 radical (unpaired) electrons. The van der Waals surface area contributed by atoms with Gasteiger partial charge < -0.3 is 16.4 Å². The molecular formula is C15H21N3O. The number of benzene rings is 1. The molecule has 3 rings (SSSR count). The summed E-state index contributed by atoms with van der Waals surface area (Å²) in [4.78, 5) is 13.8. The number of primary amides is 1. The van der Waals surface area contributed by atoms with Gasteiger partial charge in [0, 0.05) is 12.6 Å². The van der Waals surface area contributed by atoms with Crippen LogP contribution in [0.2, 0.25) is 0 Å². The van der Waals surface area contributed by atoms with Crippen molar-refractivity contribution in [3.63, 3.8) is 0 Å². The van der Waals surface area contributed by atoms with Crippen molar-refractivity contribution < 1.29 is 4.79 Å². The van der Waals surface area contributed by atoms with Gasteiger partial charge in [-0.3, -0.25) is 4.79 Å². The normalized spacial score (nSPS) is 26.2. The van der Waals surface area contributed by atoms with Gasteiger partial charge in [0.2, 0.25) is 0 Å². The maximum absolute atomic E-state index is 11.4. The lowest BCUT2D eigenvalue weighted by Crippen LogP contribution is -2.35. The Labute approximate surface area is 113 Å². The quantitative estimate of drug-likeness (QED) is 0.799. The fourth-order valence-corrected chi connectivity index (χ4v) is 3.72. The predicted octanol–water partition coefficient (Wildman–Crippen LogP) is 2.14. The fourth-order valence-electron chi connectivity index (χ4n) is 3.72. The molecule has 1 saturated carbocycles. The summed E-state index contributed by atoms with van der Waals surface area (Å²) in [5.74, 6) is 0.351. The highest BCUT2D eigenvalue weighted by Crippen LogP contribution is 2.41. The summed E-state index contributed by atoms with van der Waals surface area (Å²) in [5, 5.41) is 0. The molecule has 0 aromatic heterocycles. The van der Waals surface area contributed by atoms with E-state index in [1.807, 2.05) is 12.1 Å². The van der Waals surface area contributed by atoms with Crippen molar-refractivity contribution in [2.45, 2.75) is 38.1 Å². The highest BCUT2D eigenvalue weighted by atomic mass is 16.1. The minimum atomic E-state index is -0.446. The van der Waals surface area contributed by atoms with Gasteiger partial charge in [0.1, 0.15) is 0 Å². The van der Waals surface area contributed by atoms with Crippen molar-refractivity contribution >= 4 is 17.3 Å². The lowest BCUT2D eigenvalue weighted by Gasteiger charge is -2.34. The van der Waals surface area contributed by atoms with Crippen molar-refractivity contribution in [3.8, 4) is 0 Å². The molecule has 4 nitrogen and oxygen atoms in total.